The number of carbonyl (C=O) groups excluding carboxylic acids is 2. The van der Waals surface area contributed by atoms with Crippen LogP contribution < -0.4 is 20.1 Å². The number of esters is 1. The summed E-state index contributed by atoms with van der Waals surface area (Å²) in [7, 11) is 1.33. The molecule has 7 nitrogen and oxygen atoms in total. The van der Waals surface area contributed by atoms with Gasteiger partial charge in [-0.05, 0) is 44.5 Å². The molecule has 0 aromatic heterocycles. The maximum absolute atomic E-state index is 11.8. The predicted molar refractivity (Wildman–Crippen MR) is 94.8 cm³/mol. The first-order valence-electron chi connectivity index (χ1n) is 8.41. The van der Waals surface area contributed by atoms with Crippen molar-refractivity contribution >= 4 is 11.9 Å². The number of ether oxygens (including phenoxy) is 3. The Morgan fingerprint density at radius 1 is 1.08 bits per heavy atom. The summed E-state index contributed by atoms with van der Waals surface area (Å²) >= 11 is 0. The Balaban J connectivity index is 2.27. The van der Waals surface area contributed by atoms with Crippen LogP contribution >= 0.6 is 0 Å². The topological polar surface area (TPSA) is 85.9 Å². The zero-order valence-corrected chi connectivity index (χ0v) is 15.4. The van der Waals surface area contributed by atoms with Gasteiger partial charge in [-0.1, -0.05) is 6.92 Å². The van der Waals surface area contributed by atoms with Gasteiger partial charge in [0, 0.05) is 0 Å². The van der Waals surface area contributed by atoms with E-state index in [1.54, 1.807) is 6.92 Å². The molecule has 0 aliphatic carbocycles. The minimum Gasteiger partial charge on any atom is -0.494 e. The molecule has 0 aliphatic rings. The summed E-state index contributed by atoms with van der Waals surface area (Å²) in [6.07, 6.45) is 0.522. The Labute approximate surface area is 149 Å². The third kappa shape index (κ3) is 7.01. The lowest BCUT2D eigenvalue weighted by Crippen LogP contribution is -2.53. The molecule has 0 aliphatic heterocycles. The van der Waals surface area contributed by atoms with Gasteiger partial charge in [0.1, 0.15) is 23.6 Å². The van der Waals surface area contributed by atoms with Crippen LogP contribution in [-0.4, -0.2) is 50.8 Å². The second-order valence-electron chi connectivity index (χ2n) is 5.63. The summed E-state index contributed by atoms with van der Waals surface area (Å²) in [5.74, 6) is 0.902. The van der Waals surface area contributed by atoms with E-state index in [-0.39, 0.29) is 18.4 Å². The molecule has 1 amide bonds. The molecule has 1 rings (SSSR count). The largest absolute Gasteiger partial charge is 0.494 e. The monoisotopic (exact) mass is 352 g/mol. The maximum atomic E-state index is 11.8. The number of methoxy groups -OCH3 is 1. The Morgan fingerprint density at radius 2 is 1.68 bits per heavy atom. The van der Waals surface area contributed by atoms with E-state index in [2.05, 4.69) is 10.6 Å². The number of carbonyl (C=O) groups is 2. The minimum absolute atomic E-state index is 0.0303. The molecule has 0 spiro atoms. The molecular formula is C18H28N2O5. The third-order valence-electron chi connectivity index (χ3n) is 3.81. The molecule has 7 heteroatoms. The number of hydrogen-bond donors (Lipinski definition) is 2. The summed E-state index contributed by atoms with van der Waals surface area (Å²) < 4.78 is 15.6. The first-order valence-corrected chi connectivity index (χ1v) is 8.41. The van der Waals surface area contributed by atoms with Crippen molar-refractivity contribution < 1.29 is 23.8 Å². The standard InChI is InChI=1S/C18H28N2O5/c1-5-18(3,17(22)23-4)20-13-16(21)19-11-12-25-15-9-7-14(8-10-15)24-6-2/h7-10,20H,5-6,11-13H2,1-4H3,(H,19,21)/t18-/m1/s1. The highest BCUT2D eigenvalue weighted by molar-refractivity contribution is 5.82. The van der Waals surface area contributed by atoms with Crippen LogP contribution in [0.4, 0.5) is 0 Å². The summed E-state index contributed by atoms with van der Waals surface area (Å²) in [6, 6.07) is 7.30. The molecule has 2 N–H and O–H groups in total. The molecule has 0 unspecified atom stereocenters. The van der Waals surface area contributed by atoms with Crippen LogP contribution in [0.3, 0.4) is 0 Å². The lowest BCUT2D eigenvalue weighted by Gasteiger charge is -2.26. The average Bonchev–Trinajstić information content (AvgIpc) is 2.64. The van der Waals surface area contributed by atoms with E-state index in [1.807, 2.05) is 38.1 Å². The van der Waals surface area contributed by atoms with Gasteiger partial charge in [0.2, 0.25) is 5.91 Å². The number of amides is 1. The van der Waals surface area contributed by atoms with Crippen molar-refractivity contribution in [3.8, 4) is 11.5 Å². The van der Waals surface area contributed by atoms with Crippen molar-refractivity contribution in [2.24, 2.45) is 0 Å². The van der Waals surface area contributed by atoms with Gasteiger partial charge in [0.15, 0.2) is 0 Å². The van der Waals surface area contributed by atoms with Crippen molar-refractivity contribution in [3.63, 3.8) is 0 Å². The van der Waals surface area contributed by atoms with Gasteiger partial charge in [0.05, 0.1) is 26.8 Å². The lowest BCUT2D eigenvalue weighted by atomic mass is 9.99. The molecule has 0 saturated carbocycles. The van der Waals surface area contributed by atoms with Gasteiger partial charge in [-0.15, -0.1) is 0 Å². The Kier molecular flexibility index (Phi) is 8.77. The summed E-state index contributed by atoms with van der Waals surface area (Å²) in [4.78, 5) is 23.6. The highest BCUT2D eigenvalue weighted by Gasteiger charge is 2.32. The van der Waals surface area contributed by atoms with Crippen LogP contribution in [0.25, 0.3) is 0 Å². The molecule has 0 radical (unpaired) electrons. The smallest absolute Gasteiger partial charge is 0.325 e. The lowest BCUT2D eigenvalue weighted by molar-refractivity contribution is -0.148. The zero-order chi connectivity index (χ0) is 18.7. The van der Waals surface area contributed by atoms with Crippen LogP contribution in [0.5, 0.6) is 11.5 Å². The number of nitrogens with one attached hydrogen (secondary N) is 2. The van der Waals surface area contributed by atoms with Gasteiger partial charge in [-0.2, -0.15) is 0 Å². The van der Waals surface area contributed by atoms with Crippen LogP contribution in [0.15, 0.2) is 24.3 Å². The first kappa shape index (κ1) is 20.8. The highest BCUT2D eigenvalue weighted by Crippen LogP contribution is 2.17. The molecule has 140 valence electrons. The minimum atomic E-state index is -0.870. The van der Waals surface area contributed by atoms with Crippen LogP contribution in [0.2, 0.25) is 0 Å². The number of rotatable bonds is 11. The molecule has 0 saturated heterocycles. The Hall–Kier alpha value is -2.28. The van der Waals surface area contributed by atoms with E-state index in [0.717, 1.165) is 5.75 Å². The van der Waals surface area contributed by atoms with Gasteiger partial charge < -0.3 is 19.5 Å². The Bertz CT molecular complexity index is 547. The summed E-state index contributed by atoms with van der Waals surface area (Å²) in [5, 5.41) is 5.67. The quantitative estimate of drug-likeness (QED) is 0.464. The van der Waals surface area contributed by atoms with Crippen molar-refractivity contribution in [1.29, 1.82) is 0 Å². The molecule has 1 aromatic carbocycles. The van der Waals surface area contributed by atoms with Gasteiger partial charge >= 0.3 is 5.97 Å². The Morgan fingerprint density at radius 3 is 2.20 bits per heavy atom. The molecule has 0 heterocycles. The second kappa shape index (κ2) is 10.6. The fourth-order valence-corrected chi connectivity index (χ4v) is 2.06. The van der Waals surface area contributed by atoms with Crippen LogP contribution in [-0.2, 0) is 14.3 Å². The van der Waals surface area contributed by atoms with Crippen molar-refractivity contribution in [3.05, 3.63) is 24.3 Å². The fourth-order valence-electron chi connectivity index (χ4n) is 2.06. The highest BCUT2D eigenvalue weighted by atomic mass is 16.5. The molecule has 0 fully saturated rings. The fraction of sp³-hybridized carbons (Fsp3) is 0.556. The van der Waals surface area contributed by atoms with E-state index < -0.39 is 5.54 Å². The van der Waals surface area contributed by atoms with Gasteiger partial charge in [-0.3, -0.25) is 14.9 Å². The van der Waals surface area contributed by atoms with Crippen LogP contribution in [0.1, 0.15) is 27.2 Å². The molecule has 25 heavy (non-hydrogen) atoms. The van der Waals surface area contributed by atoms with Crippen molar-refractivity contribution in [2.45, 2.75) is 32.7 Å². The average molecular weight is 352 g/mol. The zero-order valence-electron chi connectivity index (χ0n) is 15.4. The van der Waals surface area contributed by atoms with E-state index in [4.69, 9.17) is 14.2 Å². The van der Waals surface area contributed by atoms with Gasteiger partial charge in [-0.25, -0.2) is 0 Å². The van der Waals surface area contributed by atoms with Crippen molar-refractivity contribution in [1.82, 2.24) is 10.6 Å². The molecular weight excluding hydrogens is 324 g/mol. The molecule has 1 atom stereocenters. The van der Waals surface area contributed by atoms with E-state index >= 15 is 0 Å². The van der Waals surface area contributed by atoms with E-state index in [0.29, 0.717) is 31.9 Å². The predicted octanol–water partition coefficient (Wildman–Crippen LogP) is 1.51. The SMILES string of the molecule is CCOc1ccc(OCCNC(=O)CN[C@](C)(CC)C(=O)OC)cc1. The number of benzene rings is 1. The number of hydrogen-bond acceptors (Lipinski definition) is 6. The molecule has 0 bridgehead atoms. The van der Waals surface area contributed by atoms with Crippen molar-refractivity contribution in [2.75, 3.05) is 33.4 Å². The maximum Gasteiger partial charge on any atom is 0.325 e. The van der Waals surface area contributed by atoms with Crippen LogP contribution in [0, 0.1) is 0 Å². The first-order chi connectivity index (χ1) is 11.9. The molecule has 1 aromatic rings. The summed E-state index contributed by atoms with van der Waals surface area (Å²) in [6.45, 7) is 6.86. The van der Waals surface area contributed by atoms with E-state index in [1.165, 1.54) is 7.11 Å². The normalized spacial score (nSPS) is 12.8. The summed E-state index contributed by atoms with van der Waals surface area (Å²) in [5.41, 5.74) is -0.870. The van der Waals surface area contributed by atoms with Gasteiger partial charge in [0.25, 0.3) is 0 Å². The van der Waals surface area contributed by atoms with E-state index in [9.17, 15) is 9.59 Å². The third-order valence-corrected chi connectivity index (χ3v) is 3.81. The second-order valence-corrected chi connectivity index (χ2v) is 5.63.